The van der Waals surface area contributed by atoms with E-state index in [1.54, 1.807) is 0 Å². The normalized spacial score (nSPS) is 16.4. The van der Waals surface area contributed by atoms with Crippen molar-refractivity contribution in [1.29, 1.82) is 0 Å². The molecule has 0 amide bonds. The third-order valence-corrected chi connectivity index (χ3v) is 7.22. The molecule has 1 atom stereocenters. The molecule has 1 fully saturated rings. The molecule has 0 bridgehead atoms. The fraction of sp³-hybridized carbons (Fsp3) is 0.250. The summed E-state index contributed by atoms with van der Waals surface area (Å²) in [4.78, 5) is 2.21. The van der Waals surface area contributed by atoms with Gasteiger partial charge in [-0.15, -0.1) is 0 Å². The Morgan fingerprint density at radius 3 is 1.70 bits per heavy atom. The van der Waals surface area contributed by atoms with Crippen LogP contribution in [0, 0.1) is 17.6 Å². The highest BCUT2D eigenvalue weighted by Gasteiger charge is 2.43. The molecule has 1 saturated heterocycles. The van der Waals surface area contributed by atoms with Gasteiger partial charge in [-0.25, -0.2) is 17.2 Å². The summed E-state index contributed by atoms with van der Waals surface area (Å²) < 4.78 is 52.6. The Balaban J connectivity index is 1.63. The Morgan fingerprint density at radius 2 is 1.27 bits per heavy atom. The molecule has 3 nitrogen and oxygen atoms in total. The summed E-state index contributed by atoms with van der Waals surface area (Å²) in [5.41, 5.74) is 2.42. The van der Waals surface area contributed by atoms with Crippen LogP contribution in [0.15, 0.2) is 78.9 Å². The van der Waals surface area contributed by atoms with E-state index in [0.29, 0.717) is 13.1 Å². The van der Waals surface area contributed by atoms with E-state index in [2.05, 4.69) is 29.2 Å². The van der Waals surface area contributed by atoms with Crippen molar-refractivity contribution in [3.63, 3.8) is 0 Å². The number of sulfone groups is 1. The first-order valence-corrected chi connectivity index (χ1v) is 11.8. The first kappa shape index (κ1) is 20.7. The average molecular weight is 428 g/mol. The summed E-state index contributed by atoms with van der Waals surface area (Å²) in [6, 6.07) is 23.1. The molecule has 1 heterocycles. The van der Waals surface area contributed by atoms with Crippen LogP contribution in [0.1, 0.15) is 28.0 Å². The standard InChI is InChI=1S/C24H23F2NO2S/c1-30(28,29)24(19-12-21(25)14-22(26)13-19)20-15-27(16-20)23(17-8-4-2-5-9-17)18-10-6-3-7-11-18/h2-14,20,23-24H,15-16H2,1H3. The van der Waals surface area contributed by atoms with Crippen molar-refractivity contribution in [2.75, 3.05) is 19.3 Å². The Hall–Kier alpha value is -2.57. The van der Waals surface area contributed by atoms with Crippen LogP contribution in [0.5, 0.6) is 0 Å². The maximum Gasteiger partial charge on any atom is 0.154 e. The first-order valence-electron chi connectivity index (χ1n) is 9.82. The van der Waals surface area contributed by atoms with Crippen molar-refractivity contribution in [2.45, 2.75) is 11.3 Å². The van der Waals surface area contributed by atoms with Crippen LogP contribution in [0.25, 0.3) is 0 Å². The first-order chi connectivity index (χ1) is 14.3. The highest BCUT2D eigenvalue weighted by molar-refractivity contribution is 7.90. The van der Waals surface area contributed by atoms with Crippen LogP contribution in [-0.2, 0) is 9.84 Å². The van der Waals surface area contributed by atoms with Crippen molar-refractivity contribution in [3.05, 3.63) is 107 Å². The number of halogens is 2. The molecular formula is C24H23F2NO2S. The monoisotopic (exact) mass is 427 g/mol. The Morgan fingerprint density at radius 1 is 0.800 bits per heavy atom. The van der Waals surface area contributed by atoms with Crippen molar-refractivity contribution < 1.29 is 17.2 Å². The van der Waals surface area contributed by atoms with E-state index >= 15 is 0 Å². The van der Waals surface area contributed by atoms with E-state index in [1.807, 2.05) is 36.4 Å². The Kier molecular flexibility index (Phi) is 5.71. The lowest BCUT2D eigenvalue weighted by Gasteiger charge is -2.47. The summed E-state index contributed by atoms with van der Waals surface area (Å²) in [7, 11) is -3.55. The SMILES string of the molecule is CS(=O)(=O)C(c1cc(F)cc(F)c1)C1CN(C(c2ccccc2)c2ccccc2)C1. The summed E-state index contributed by atoms with van der Waals surface area (Å²) in [5, 5.41) is -0.939. The molecule has 0 spiro atoms. The lowest BCUT2D eigenvalue weighted by Crippen LogP contribution is -2.52. The van der Waals surface area contributed by atoms with Gasteiger partial charge in [0, 0.05) is 31.3 Å². The number of nitrogens with zero attached hydrogens (tertiary/aromatic N) is 1. The van der Waals surface area contributed by atoms with Crippen molar-refractivity contribution in [1.82, 2.24) is 4.90 Å². The van der Waals surface area contributed by atoms with Crippen molar-refractivity contribution >= 4 is 9.84 Å². The van der Waals surface area contributed by atoms with E-state index in [9.17, 15) is 17.2 Å². The minimum Gasteiger partial charge on any atom is -0.292 e. The largest absolute Gasteiger partial charge is 0.292 e. The van der Waals surface area contributed by atoms with Gasteiger partial charge in [-0.05, 0) is 28.8 Å². The number of benzene rings is 3. The minimum atomic E-state index is -3.55. The molecule has 3 aromatic carbocycles. The van der Waals surface area contributed by atoms with E-state index in [1.165, 1.54) is 0 Å². The van der Waals surface area contributed by atoms with Gasteiger partial charge in [-0.3, -0.25) is 4.90 Å². The summed E-state index contributed by atoms with van der Waals surface area (Å²) in [6.07, 6.45) is 1.13. The zero-order valence-electron chi connectivity index (χ0n) is 16.6. The second-order valence-electron chi connectivity index (χ2n) is 7.89. The van der Waals surface area contributed by atoms with Crippen molar-refractivity contribution in [3.8, 4) is 0 Å². The predicted molar refractivity (Wildman–Crippen MR) is 114 cm³/mol. The zero-order valence-corrected chi connectivity index (χ0v) is 17.4. The van der Waals surface area contributed by atoms with Crippen LogP contribution in [0.4, 0.5) is 8.78 Å². The minimum absolute atomic E-state index is 0.00638. The summed E-state index contributed by atoms with van der Waals surface area (Å²) >= 11 is 0. The lowest BCUT2D eigenvalue weighted by atomic mass is 9.86. The number of rotatable bonds is 6. The smallest absolute Gasteiger partial charge is 0.154 e. The summed E-state index contributed by atoms with van der Waals surface area (Å²) in [5.74, 6) is -1.77. The summed E-state index contributed by atoms with van der Waals surface area (Å²) in [6.45, 7) is 1.04. The lowest BCUT2D eigenvalue weighted by molar-refractivity contribution is 0.0654. The highest BCUT2D eigenvalue weighted by atomic mass is 32.2. The maximum atomic E-state index is 13.8. The molecule has 156 valence electrons. The molecule has 0 aromatic heterocycles. The van der Waals surface area contributed by atoms with Gasteiger partial charge in [-0.1, -0.05) is 60.7 Å². The molecule has 1 aliphatic rings. The van der Waals surface area contributed by atoms with Crippen LogP contribution >= 0.6 is 0 Å². The molecule has 0 saturated carbocycles. The topological polar surface area (TPSA) is 37.4 Å². The van der Waals surface area contributed by atoms with Gasteiger partial charge in [0.05, 0.1) is 11.3 Å². The van der Waals surface area contributed by atoms with Gasteiger partial charge in [0.25, 0.3) is 0 Å². The molecule has 1 unspecified atom stereocenters. The predicted octanol–water partition coefficient (Wildman–Crippen LogP) is 4.77. The van der Waals surface area contributed by atoms with Gasteiger partial charge < -0.3 is 0 Å². The second kappa shape index (κ2) is 8.28. The highest BCUT2D eigenvalue weighted by Crippen LogP contribution is 2.41. The van der Waals surface area contributed by atoms with E-state index in [4.69, 9.17) is 0 Å². The van der Waals surface area contributed by atoms with Gasteiger partial charge in [0.1, 0.15) is 11.6 Å². The van der Waals surface area contributed by atoms with Gasteiger partial charge in [0.2, 0.25) is 0 Å². The third kappa shape index (κ3) is 4.30. The van der Waals surface area contributed by atoms with Gasteiger partial charge >= 0.3 is 0 Å². The molecule has 6 heteroatoms. The zero-order chi connectivity index (χ0) is 21.3. The quantitative estimate of drug-likeness (QED) is 0.569. The number of hydrogen-bond acceptors (Lipinski definition) is 3. The molecule has 3 aromatic rings. The molecule has 0 aliphatic carbocycles. The Labute approximate surface area is 175 Å². The van der Waals surface area contributed by atoms with E-state index < -0.39 is 26.7 Å². The van der Waals surface area contributed by atoms with Crippen molar-refractivity contribution in [2.24, 2.45) is 5.92 Å². The van der Waals surface area contributed by atoms with Gasteiger partial charge in [-0.2, -0.15) is 0 Å². The van der Waals surface area contributed by atoms with Crippen LogP contribution < -0.4 is 0 Å². The Bertz CT molecular complexity index is 1050. The fourth-order valence-electron chi connectivity index (χ4n) is 4.44. The fourth-order valence-corrected chi connectivity index (χ4v) is 5.95. The average Bonchev–Trinajstić information content (AvgIpc) is 2.66. The van der Waals surface area contributed by atoms with Crippen LogP contribution in [0.3, 0.4) is 0 Å². The molecule has 0 radical (unpaired) electrons. The van der Waals surface area contributed by atoms with E-state index in [0.717, 1.165) is 35.6 Å². The van der Waals surface area contributed by atoms with Crippen LogP contribution in [0.2, 0.25) is 0 Å². The molecule has 0 N–H and O–H groups in total. The molecular weight excluding hydrogens is 404 g/mol. The molecule has 1 aliphatic heterocycles. The van der Waals surface area contributed by atoms with E-state index in [-0.39, 0.29) is 17.5 Å². The molecule has 4 rings (SSSR count). The van der Waals surface area contributed by atoms with Crippen LogP contribution in [-0.4, -0.2) is 32.7 Å². The number of likely N-dealkylation sites (tertiary alicyclic amines) is 1. The second-order valence-corrected chi connectivity index (χ2v) is 10.1. The maximum absolute atomic E-state index is 13.8. The van der Waals surface area contributed by atoms with Gasteiger partial charge in [0.15, 0.2) is 9.84 Å². The molecule has 30 heavy (non-hydrogen) atoms. The third-order valence-electron chi connectivity index (χ3n) is 5.64. The number of hydrogen-bond donors (Lipinski definition) is 0.